The van der Waals surface area contributed by atoms with Crippen molar-refractivity contribution in [3.05, 3.63) is 151 Å². The van der Waals surface area contributed by atoms with Crippen LogP contribution in [-0.2, 0) is 0 Å². The average Bonchev–Trinajstić information content (AvgIpc) is 3.61. The Labute approximate surface area is 232 Å². The molecule has 1 atom stereocenters. The number of benzene rings is 6. The number of aromatic nitrogens is 1. The van der Waals surface area contributed by atoms with Gasteiger partial charge < -0.3 is 14.6 Å². The molecule has 3 nitrogen and oxygen atoms in total. The zero-order valence-electron chi connectivity index (χ0n) is 21.8. The maximum Gasteiger partial charge on any atom is 0.196 e. The molecule has 1 N–H and O–H groups in total. The lowest BCUT2D eigenvalue weighted by Gasteiger charge is -2.13. The number of ether oxygens (including phenoxy) is 1. The van der Waals surface area contributed by atoms with Gasteiger partial charge in [0.1, 0.15) is 5.75 Å². The number of nitrogens with zero attached hydrogens (tertiary/aromatic N) is 1. The van der Waals surface area contributed by atoms with Gasteiger partial charge >= 0.3 is 0 Å². The smallest absolute Gasteiger partial charge is 0.196 e. The molecule has 7 aromatic rings. The lowest BCUT2D eigenvalue weighted by atomic mass is 9.99. The molecule has 0 saturated carbocycles. The summed E-state index contributed by atoms with van der Waals surface area (Å²) in [5, 5.41) is 6.00. The summed E-state index contributed by atoms with van der Waals surface area (Å²) in [6, 6.07) is 51.6. The molecule has 0 aliphatic carbocycles. The SMILES string of the molecule is c1ccc2c(c1)NC(c1ccc(-c3ccc(-c4ccc(-n5c6ccccc6c6ccccc65)cc4)cc3)cc1)O2. The summed E-state index contributed by atoms with van der Waals surface area (Å²) in [6.45, 7) is 0. The summed E-state index contributed by atoms with van der Waals surface area (Å²) in [5.74, 6) is 0.898. The molecule has 1 aliphatic rings. The summed E-state index contributed by atoms with van der Waals surface area (Å²) in [5.41, 5.74) is 10.6. The Kier molecular flexibility index (Phi) is 5.20. The molecule has 2 heterocycles. The Morgan fingerprint density at radius 1 is 0.475 bits per heavy atom. The highest BCUT2D eigenvalue weighted by Gasteiger charge is 2.22. The van der Waals surface area contributed by atoms with Gasteiger partial charge in [0, 0.05) is 22.0 Å². The summed E-state index contributed by atoms with van der Waals surface area (Å²) in [7, 11) is 0. The van der Waals surface area contributed by atoms with Gasteiger partial charge in [0.2, 0.25) is 0 Å². The third kappa shape index (κ3) is 3.75. The van der Waals surface area contributed by atoms with Crippen LogP contribution < -0.4 is 10.1 Å². The van der Waals surface area contributed by atoms with Crippen LogP contribution in [0.25, 0.3) is 49.7 Å². The minimum absolute atomic E-state index is 0.153. The van der Waals surface area contributed by atoms with Gasteiger partial charge in [-0.3, -0.25) is 0 Å². The van der Waals surface area contributed by atoms with Gasteiger partial charge in [0.15, 0.2) is 6.23 Å². The molecule has 8 rings (SSSR count). The van der Waals surface area contributed by atoms with Crippen LogP contribution in [0.1, 0.15) is 11.8 Å². The molecule has 1 unspecified atom stereocenters. The van der Waals surface area contributed by atoms with E-state index in [0.29, 0.717) is 0 Å². The van der Waals surface area contributed by atoms with Crippen LogP contribution in [0.2, 0.25) is 0 Å². The molecule has 190 valence electrons. The summed E-state index contributed by atoms with van der Waals surface area (Å²) >= 11 is 0. The number of anilines is 1. The van der Waals surface area contributed by atoms with Crippen molar-refractivity contribution < 1.29 is 4.74 Å². The van der Waals surface area contributed by atoms with Gasteiger partial charge in [0.05, 0.1) is 16.7 Å². The highest BCUT2D eigenvalue weighted by atomic mass is 16.5. The van der Waals surface area contributed by atoms with Crippen molar-refractivity contribution in [3.63, 3.8) is 0 Å². The fourth-order valence-electron chi connectivity index (χ4n) is 5.85. The van der Waals surface area contributed by atoms with Crippen LogP contribution in [0.5, 0.6) is 5.75 Å². The molecule has 1 aliphatic heterocycles. The van der Waals surface area contributed by atoms with E-state index in [4.69, 9.17) is 4.74 Å². The topological polar surface area (TPSA) is 26.2 Å². The van der Waals surface area contributed by atoms with Crippen molar-refractivity contribution in [2.45, 2.75) is 6.23 Å². The Morgan fingerprint density at radius 2 is 0.950 bits per heavy atom. The first kappa shape index (κ1) is 22.7. The molecule has 0 saturated heterocycles. The number of fused-ring (bicyclic) bond motifs is 4. The van der Waals surface area contributed by atoms with E-state index >= 15 is 0 Å². The van der Waals surface area contributed by atoms with Crippen molar-refractivity contribution in [1.82, 2.24) is 4.57 Å². The summed E-state index contributed by atoms with van der Waals surface area (Å²) in [6.07, 6.45) is -0.153. The van der Waals surface area contributed by atoms with E-state index in [1.807, 2.05) is 24.3 Å². The fourth-order valence-corrected chi connectivity index (χ4v) is 5.85. The predicted octanol–water partition coefficient (Wildman–Crippen LogP) is 9.62. The Morgan fingerprint density at radius 3 is 1.52 bits per heavy atom. The van der Waals surface area contributed by atoms with E-state index in [2.05, 4.69) is 131 Å². The van der Waals surface area contributed by atoms with Crippen molar-refractivity contribution in [3.8, 4) is 33.7 Å². The summed E-state index contributed by atoms with van der Waals surface area (Å²) in [4.78, 5) is 0. The zero-order valence-corrected chi connectivity index (χ0v) is 21.8. The maximum absolute atomic E-state index is 6.06. The maximum atomic E-state index is 6.06. The highest BCUT2D eigenvalue weighted by molar-refractivity contribution is 6.09. The lowest BCUT2D eigenvalue weighted by molar-refractivity contribution is 0.260. The third-order valence-electron chi connectivity index (χ3n) is 7.89. The van der Waals surface area contributed by atoms with Gasteiger partial charge in [-0.05, 0) is 58.7 Å². The second kappa shape index (κ2) is 9.18. The molecule has 1 aromatic heterocycles. The lowest BCUT2D eigenvalue weighted by Crippen LogP contribution is -2.09. The number of para-hydroxylation sites is 4. The molecule has 0 amide bonds. The minimum Gasteiger partial charge on any atom is -0.464 e. The van der Waals surface area contributed by atoms with Crippen LogP contribution >= 0.6 is 0 Å². The molecule has 0 bridgehead atoms. The average molecular weight is 515 g/mol. The third-order valence-corrected chi connectivity index (χ3v) is 7.89. The monoisotopic (exact) mass is 514 g/mol. The van der Waals surface area contributed by atoms with Crippen LogP contribution in [-0.4, -0.2) is 4.57 Å². The molecule has 0 radical (unpaired) electrons. The standard InChI is InChI=1S/C37H26N2O/c1-4-10-34-31(7-1)32-8-2-5-11-35(32)39(34)30-23-21-28(22-24-30)26-15-13-25(14-16-26)27-17-19-29(20-18-27)37-38-33-9-3-6-12-36(33)40-37/h1-24,37-38H. The minimum atomic E-state index is -0.153. The Balaban J connectivity index is 1.04. The Bertz CT molecular complexity index is 1910. The highest BCUT2D eigenvalue weighted by Crippen LogP contribution is 2.38. The van der Waals surface area contributed by atoms with Gasteiger partial charge in [0.25, 0.3) is 0 Å². The van der Waals surface area contributed by atoms with Gasteiger partial charge in [-0.25, -0.2) is 0 Å². The zero-order chi connectivity index (χ0) is 26.5. The van der Waals surface area contributed by atoms with Crippen molar-refractivity contribution in [2.75, 3.05) is 5.32 Å². The van der Waals surface area contributed by atoms with Gasteiger partial charge in [-0.2, -0.15) is 0 Å². The largest absolute Gasteiger partial charge is 0.464 e. The normalized spacial score (nSPS) is 14.2. The predicted molar refractivity (Wildman–Crippen MR) is 165 cm³/mol. The van der Waals surface area contributed by atoms with Crippen LogP contribution in [0.4, 0.5) is 5.69 Å². The first-order valence-electron chi connectivity index (χ1n) is 13.6. The Hall–Kier alpha value is -5.28. The van der Waals surface area contributed by atoms with Crippen molar-refractivity contribution >= 4 is 27.5 Å². The number of hydrogen-bond donors (Lipinski definition) is 1. The first-order valence-corrected chi connectivity index (χ1v) is 13.6. The number of rotatable bonds is 4. The van der Waals surface area contributed by atoms with Crippen LogP contribution in [0, 0.1) is 0 Å². The van der Waals surface area contributed by atoms with Gasteiger partial charge in [-0.15, -0.1) is 0 Å². The van der Waals surface area contributed by atoms with Gasteiger partial charge in [-0.1, -0.05) is 109 Å². The van der Waals surface area contributed by atoms with E-state index in [0.717, 1.165) is 17.0 Å². The van der Waals surface area contributed by atoms with Crippen LogP contribution in [0.15, 0.2) is 146 Å². The van der Waals surface area contributed by atoms with E-state index in [-0.39, 0.29) is 6.23 Å². The van der Waals surface area contributed by atoms with Crippen molar-refractivity contribution in [2.24, 2.45) is 0 Å². The molecule has 6 aromatic carbocycles. The quantitative estimate of drug-likeness (QED) is 0.253. The summed E-state index contributed by atoms with van der Waals surface area (Å²) < 4.78 is 8.42. The molecular formula is C37H26N2O. The molecule has 3 heteroatoms. The van der Waals surface area contributed by atoms with E-state index in [1.54, 1.807) is 0 Å². The second-order valence-electron chi connectivity index (χ2n) is 10.3. The molecule has 0 fully saturated rings. The van der Waals surface area contributed by atoms with Crippen molar-refractivity contribution in [1.29, 1.82) is 0 Å². The van der Waals surface area contributed by atoms with Crippen LogP contribution in [0.3, 0.4) is 0 Å². The fraction of sp³-hybridized carbons (Fsp3) is 0.0270. The number of nitrogens with one attached hydrogen (secondary N) is 1. The molecular weight excluding hydrogens is 488 g/mol. The first-order chi connectivity index (χ1) is 19.8. The second-order valence-corrected chi connectivity index (χ2v) is 10.3. The van der Waals surface area contributed by atoms with E-state index in [9.17, 15) is 0 Å². The number of hydrogen-bond acceptors (Lipinski definition) is 2. The van der Waals surface area contributed by atoms with E-state index in [1.165, 1.54) is 49.7 Å². The molecule has 40 heavy (non-hydrogen) atoms. The van der Waals surface area contributed by atoms with E-state index < -0.39 is 0 Å². The molecule has 0 spiro atoms.